The molecule has 1 rings (SSSR count). The van der Waals surface area contributed by atoms with Crippen LogP contribution in [0.2, 0.25) is 5.02 Å². The average molecular weight is 220 g/mol. The fourth-order valence-corrected chi connectivity index (χ4v) is 1.05. The summed E-state index contributed by atoms with van der Waals surface area (Å²) in [7, 11) is 1.47. The summed E-state index contributed by atoms with van der Waals surface area (Å²) in [6.45, 7) is 0. The molecule has 0 aromatic heterocycles. The molecular weight excluding hydrogens is 213 g/mol. The molecule has 70 valence electrons. The van der Waals surface area contributed by atoms with Crippen molar-refractivity contribution in [1.82, 2.24) is 0 Å². The van der Waals surface area contributed by atoms with Crippen LogP contribution in [0.4, 0.5) is 11.4 Å². The largest absolute Gasteiger partial charge is 1.00 e. The van der Waals surface area contributed by atoms with Crippen molar-refractivity contribution in [2.75, 3.05) is 12.8 Å². The van der Waals surface area contributed by atoms with Crippen LogP contribution in [-0.4, -0.2) is 7.11 Å². The maximum atomic E-state index is 8.52. The zero-order valence-corrected chi connectivity index (χ0v) is 8.30. The van der Waals surface area contributed by atoms with Crippen LogP contribution in [0.25, 0.3) is 4.98 Å². The highest BCUT2D eigenvalue weighted by Gasteiger charge is 2.20. The molecule has 0 radical (unpaired) electrons. The van der Waals surface area contributed by atoms with Crippen molar-refractivity contribution in [3.8, 4) is 5.75 Å². The van der Waals surface area contributed by atoms with Gasteiger partial charge in [-0.15, -0.1) is 0 Å². The number of benzene rings is 1. The van der Waals surface area contributed by atoms with Gasteiger partial charge < -0.3 is 22.9 Å². The minimum Gasteiger partial charge on any atom is -1.00 e. The first-order chi connectivity index (χ1) is 5.70. The number of diazo groups is 1. The Morgan fingerprint density at radius 3 is 2.62 bits per heavy atom. The molecule has 4 nitrogen and oxygen atoms in total. The molecule has 0 unspecified atom stereocenters. The number of halogens is 2. The van der Waals surface area contributed by atoms with E-state index in [4.69, 9.17) is 27.5 Å². The van der Waals surface area contributed by atoms with Crippen molar-refractivity contribution in [1.29, 1.82) is 5.39 Å². The fourth-order valence-electron chi connectivity index (χ4n) is 0.843. The van der Waals surface area contributed by atoms with Gasteiger partial charge in [0, 0.05) is 0 Å². The molecule has 0 bridgehead atoms. The number of ether oxygens (including phenoxy) is 1. The second-order valence-electron chi connectivity index (χ2n) is 2.11. The normalized spacial score (nSPS) is 8.38. The predicted molar refractivity (Wildman–Crippen MR) is 47.2 cm³/mol. The summed E-state index contributed by atoms with van der Waals surface area (Å²) in [4.78, 5) is 2.94. The number of methoxy groups -OCH3 is 1. The SMILES string of the molecule is COc1ccc(Cl)c([N+]#N)c1N.[Cl-]. The fraction of sp³-hybridized carbons (Fsp3) is 0.143. The van der Waals surface area contributed by atoms with Gasteiger partial charge in [-0.1, -0.05) is 11.6 Å². The van der Waals surface area contributed by atoms with Crippen LogP contribution in [-0.2, 0) is 0 Å². The van der Waals surface area contributed by atoms with Gasteiger partial charge in [0.05, 0.1) is 7.11 Å². The highest BCUT2D eigenvalue weighted by molar-refractivity contribution is 6.34. The van der Waals surface area contributed by atoms with E-state index < -0.39 is 0 Å². The monoisotopic (exact) mass is 219 g/mol. The molecule has 0 saturated heterocycles. The lowest BCUT2D eigenvalue weighted by molar-refractivity contribution is -0.00000289. The minimum atomic E-state index is 0. The van der Waals surface area contributed by atoms with Crippen molar-refractivity contribution >= 4 is 23.0 Å². The maximum absolute atomic E-state index is 8.52. The van der Waals surface area contributed by atoms with E-state index in [1.54, 1.807) is 12.1 Å². The summed E-state index contributed by atoms with van der Waals surface area (Å²) in [5.41, 5.74) is 5.91. The van der Waals surface area contributed by atoms with Gasteiger partial charge in [0.15, 0.2) is 10.7 Å². The van der Waals surface area contributed by atoms with Gasteiger partial charge >= 0.3 is 5.69 Å². The Labute approximate surface area is 86.7 Å². The van der Waals surface area contributed by atoms with Crippen molar-refractivity contribution in [3.63, 3.8) is 0 Å². The predicted octanol–water partition coefficient (Wildman–Crippen LogP) is -0.581. The van der Waals surface area contributed by atoms with E-state index in [1.165, 1.54) is 7.11 Å². The zero-order chi connectivity index (χ0) is 9.14. The Bertz CT molecular complexity index is 348. The third kappa shape index (κ3) is 2.14. The molecule has 0 aliphatic carbocycles. The number of nitrogens with zero attached hydrogens (tertiary/aromatic N) is 2. The van der Waals surface area contributed by atoms with Crippen LogP contribution in [0.1, 0.15) is 0 Å². The quantitative estimate of drug-likeness (QED) is 0.508. The van der Waals surface area contributed by atoms with E-state index in [2.05, 4.69) is 4.98 Å². The highest BCUT2D eigenvalue weighted by atomic mass is 35.5. The third-order valence-electron chi connectivity index (χ3n) is 1.45. The van der Waals surface area contributed by atoms with Crippen LogP contribution in [0.3, 0.4) is 0 Å². The van der Waals surface area contributed by atoms with Crippen LogP contribution in [0.15, 0.2) is 12.1 Å². The number of hydrogen-bond acceptors (Lipinski definition) is 3. The third-order valence-corrected chi connectivity index (χ3v) is 1.75. The van der Waals surface area contributed by atoms with Gasteiger partial charge in [-0.3, -0.25) is 0 Å². The second-order valence-corrected chi connectivity index (χ2v) is 2.52. The summed E-state index contributed by atoms with van der Waals surface area (Å²) in [6.07, 6.45) is 0. The Hall–Kier alpha value is -1.18. The van der Waals surface area contributed by atoms with Crippen molar-refractivity contribution < 1.29 is 17.1 Å². The molecular formula is C7H7Cl2N3O. The minimum absolute atomic E-state index is 0. The van der Waals surface area contributed by atoms with Crippen molar-refractivity contribution in [3.05, 3.63) is 22.1 Å². The first kappa shape index (κ1) is 11.8. The standard InChI is InChI=1S/C7H7ClN3O.ClH/c1-12-5-3-2-4(8)7(11-10)6(5)9;/h2-3H,9H2,1H3;1H/q+1;/p-1. The van der Waals surface area contributed by atoms with Crippen molar-refractivity contribution in [2.24, 2.45) is 0 Å². The van der Waals surface area contributed by atoms with E-state index >= 15 is 0 Å². The Kier molecular flexibility index (Phi) is 4.32. The molecule has 0 aliphatic heterocycles. The second kappa shape index (κ2) is 4.75. The van der Waals surface area contributed by atoms with Gasteiger partial charge in [-0.25, -0.2) is 0 Å². The van der Waals surface area contributed by atoms with Gasteiger partial charge in [0.1, 0.15) is 10.8 Å². The molecule has 1 aromatic carbocycles. The smallest absolute Gasteiger partial charge is 0.429 e. The van der Waals surface area contributed by atoms with E-state index in [0.29, 0.717) is 5.75 Å². The Balaban J connectivity index is 0.00000144. The highest BCUT2D eigenvalue weighted by Crippen LogP contribution is 2.37. The Morgan fingerprint density at radius 1 is 1.54 bits per heavy atom. The summed E-state index contributed by atoms with van der Waals surface area (Å²) in [6, 6.07) is 3.15. The number of nitrogens with two attached hydrogens (primary N) is 1. The van der Waals surface area contributed by atoms with Crippen LogP contribution >= 0.6 is 11.6 Å². The van der Waals surface area contributed by atoms with Crippen LogP contribution in [0.5, 0.6) is 5.75 Å². The maximum Gasteiger partial charge on any atom is 0.429 e. The first-order valence-electron chi connectivity index (χ1n) is 3.17. The lowest BCUT2D eigenvalue weighted by Crippen LogP contribution is -3.00. The van der Waals surface area contributed by atoms with E-state index in [1.807, 2.05) is 0 Å². The van der Waals surface area contributed by atoms with E-state index in [0.717, 1.165) is 0 Å². The summed E-state index contributed by atoms with van der Waals surface area (Å²) >= 11 is 5.67. The molecule has 6 heteroatoms. The molecule has 0 saturated carbocycles. The molecule has 0 amide bonds. The van der Waals surface area contributed by atoms with E-state index in [-0.39, 0.29) is 28.8 Å². The molecule has 13 heavy (non-hydrogen) atoms. The number of anilines is 1. The molecule has 2 N–H and O–H groups in total. The lowest BCUT2D eigenvalue weighted by atomic mass is 10.2. The van der Waals surface area contributed by atoms with Gasteiger partial charge in [-0.2, -0.15) is 0 Å². The first-order valence-corrected chi connectivity index (χ1v) is 3.55. The number of rotatable bonds is 1. The number of nitrogen functional groups attached to an aromatic ring is 1. The molecule has 0 fully saturated rings. The average Bonchev–Trinajstić information content (AvgIpc) is 2.06. The summed E-state index contributed by atoms with van der Waals surface area (Å²) in [5, 5.41) is 8.81. The van der Waals surface area contributed by atoms with E-state index in [9.17, 15) is 0 Å². The van der Waals surface area contributed by atoms with Crippen LogP contribution < -0.4 is 22.9 Å². The summed E-state index contributed by atoms with van der Waals surface area (Å²) in [5.74, 6) is 0.437. The molecule has 0 spiro atoms. The topological polar surface area (TPSA) is 63.4 Å². The molecule has 0 heterocycles. The summed E-state index contributed by atoms with van der Waals surface area (Å²) < 4.78 is 4.89. The van der Waals surface area contributed by atoms with Gasteiger partial charge in [-0.05, 0) is 12.1 Å². The zero-order valence-electron chi connectivity index (χ0n) is 6.79. The number of hydrogen-bond donors (Lipinski definition) is 1. The Morgan fingerprint density at radius 2 is 2.15 bits per heavy atom. The molecule has 1 aromatic rings. The molecule has 0 aliphatic rings. The lowest BCUT2D eigenvalue weighted by Gasteiger charge is -2.00. The van der Waals surface area contributed by atoms with Gasteiger partial charge in [0.2, 0.25) is 5.39 Å². The van der Waals surface area contributed by atoms with Gasteiger partial charge in [0.25, 0.3) is 0 Å². The molecule has 0 atom stereocenters. The van der Waals surface area contributed by atoms with Crippen molar-refractivity contribution in [2.45, 2.75) is 0 Å². The van der Waals surface area contributed by atoms with Crippen LogP contribution in [0, 0.1) is 5.39 Å².